The van der Waals surface area contributed by atoms with E-state index in [0.717, 1.165) is 24.0 Å². The Morgan fingerprint density at radius 3 is 3.00 bits per heavy atom. The molecule has 0 spiro atoms. The van der Waals surface area contributed by atoms with Crippen LogP contribution in [0, 0.1) is 12.7 Å². The molecule has 1 heterocycles. The van der Waals surface area contributed by atoms with E-state index in [1.165, 1.54) is 24.2 Å². The van der Waals surface area contributed by atoms with Gasteiger partial charge in [0.25, 0.3) is 0 Å². The summed E-state index contributed by atoms with van der Waals surface area (Å²) in [5.74, 6) is -0.126. The SMILES string of the molecule is Cc1ccc(F)c(Cn2cnc3c2CCCC3)c1. The molecule has 1 aromatic heterocycles. The molecule has 0 atom stereocenters. The van der Waals surface area contributed by atoms with Gasteiger partial charge in [-0.15, -0.1) is 0 Å². The zero-order valence-corrected chi connectivity index (χ0v) is 10.6. The van der Waals surface area contributed by atoms with Gasteiger partial charge in [-0.05, 0) is 38.7 Å². The number of aryl methyl sites for hydroxylation is 2. The van der Waals surface area contributed by atoms with Gasteiger partial charge in [-0.1, -0.05) is 17.7 Å². The van der Waals surface area contributed by atoms with Crippen molar-refractivity contribution in [1.29, 1.82) is 0 Å². The molecular formula is C15H17FN2. The van der Waals surface area contributed by atoms with Crippen LogP contribution in [0.5, 0.6) is 0 Å². The molecule has 1 aliphatic rings. The standard InChI is InChI=1S/C15H17FN2/c1-11-6-7-13(16)12(8-11)9-18-10-17-14-4-2-3-5-15(14)18/h6-8,10H,2-5,9H2,1H3. The summed E-state index contributed by atoms with van der Waals surface area (Å²) in [5.41, 5.74) is 4.35. The molecule has 3 heteroatoms. The average Bonchev–Trinajstić information content (AvgIpc) is 2.78. The molecule has 18 heavy (non-hydrogen) atoms. The first-order valence-electron chi connectivity index (χ1n) is 6.52. The molecule has 0 unspecified atom stereocenters. The largest absolute Gasteiger partial charge is 0.330 e. The molecule has 94 valence electrons. The van der Waals surface area contributed by atoms with Crippen molar-refractivity contribution in [2.24, 2.45) is 0 Å². The third-order valence-electron chi connectivity index (χ3n) is 3.65. The van der Waals surface area contributed by atoms with Crippen LogP contribution in [0.4, 0.5) is 4.39 Å². The van der Waals surface area contributed by atoms with Gasteiger partial charge in [0, 0.05) is 11.3 Å². The van der Waals surface area contributed by atoms with Gasteiger partial charge in [-0.25, -0.2) is 9.37 Å². The van der Waals surface area contributed by atoms with E-state index in [9.17, 15) is 4.39 Å². The number of benzene rings is 1. The molecule has 1 aromatic carbocycles. The minimum Gasteiger partial charge on any atom is -0.330 e. The molecule has 3 rings (SSSR count). The Morgan fingerprint density at radius 2 is 2.11 bits per heavy atom. The van der Waals surface area contributed by atoms with Crippen LogP contribution in [0.15, 0.2) is 24.5 Å². The van der Waals surface area contributed by atoms with Crippen LogP contribution in [-0.2, 0) is 19.4 Å². The molecule has 1 aliphatic carbocycles. The summed E-state index contributed by atoms with van der Waals surface area (Å²) in [4.78, 5) is 4.45. The lowest BCUT2D eigenvalue weighted by Gasteiger charge is -2.14. The van der Waals surface area contributed by atoms with Gasteiger partial charge in [0.1, 0.15) is 5.82 Å². The minimum absolute atomic E-state index is 0.126. The van der Waals surface area contributed by atoms with E-state index in [0.29, 0.717) is 6.54 Å². The third kappa shape index (κ3) is 2.05. The van der Waals surface area contributed by atoms with Gasteiger partial charge >= 0.3 is 0 Å². The summed E-state index contributed by atoms with van der Waals surface area (Å²) in [5, 5.41) is 0. The molecule has 0 amide bonds. The van der Waals surface area contributed by atoms with Gasteiger partial charge in [0.05, 0.1) is 18.6 Å². The summed E-state index contributed by atoms with van der Waals surface area (Å²) in [6.45, 7) is 2.59. The van der Waals surface area contributed by atoms with E-state index in [1.54, 1.807) is 6.07 Å². The molecule has 0 radical (unpaired) electrons. The van der Waals surface area contributed by atoms with Crippen molar-refractivity contribution in [3.63, 3.8) is 0 Å². The number of aromatic nitrogens is 2. The van der Waals surface area contributed by atoms with Gasteiger partial charge in [0.15, 0.2) is 0 Å². The average molecular weight is 244 g/mol. The maximum Gasteiger partial charge on any atom is 0.128 e. The zero-order chi connectivity index (χ0) is 12.5. The van der Waals surface area contributed by atoms with E-state index in [1.807, 2.05) is 25.4 Å². The highest BCUT2D eigenvalue weighted by Crippen LogP contribution is 2.21. The van der Waals surface area contributed by atoms with Gasteiger partial charge in [-0.2, -0.15) is 0 Å². The van der Waals surface area contributed by atoms with E-state index in [4.69, 9.17) is 0 Å². The number of nitrogens with zero attached hydrogens (tertiary/aromatic N) is 2. The van der Waals surface area contributed by atoms with Crippen LogP contribution in [0.2, 0.25) is 0 Å². The molecule has 0 saturated heterocycles. The fourth-order valence-electron chi connectivity index (χ4n) is 2.68. The molecule has 0 bridgehead atoms. The lowest BCUT2D eigenvalue weighted by Crippen LogP contribution is -2.09. The normalized spacial score (nSPS) is 14.6. The summed E-state index contributed by atoms with van der Waals surface area (Å²) < 4.78 is 15.9. The highest BCUT2D eigenvalue weighted by molar-refractivity contribution is 5.26. The Kier molecular flexibility index (Phi) is 2.90. The lowest BCUT2D eigenvalue weighted by molar-refractivity contribution is 0.585. The first kappa shape index (κ1) is 11.5. The summed E-state index contributed by atoms with van der Waals surface area (Å²) in [6.07, 6.45) is 6.44. The number of fused-ring (bicyclic) bond motifs is 1. The van der Waals surface area contributed by atoms with Crippen molar-refractivity contribution in [1.82, 2.24) is 9.55 Å². The minimum atomic E-state index is -0.126. The van der Waals surface area contributed by atoms with Crippen LogP contribution in [0.1, 0.15) is 35.4 Å². The fourth-order valence-corrected chi connectivity index (χ4v) is 2.68. The molecule has 0 saturated carbocycles. The summed E-state index contributed by atoms with van der Waals surface area (Å²) in [7, 11) is 0. The molecule has 0 aliphatic heterocycles. The Hall–Kier alpha value is -1.64. The van der Waals surface area contributed by atoms with Gasteiger partial charge in [-0.3, -0.25) is 0 Å². The van der Waals surface area contributed by atoms with E-state index in [-0.39, 0.29) is 5.82 Å². The van der Waals surface area contributed by atoms with Crippen molar-refractivity contribution in [2.45, 2.75) is 39.2 Å². The highest BCUT2D eigenvalue weighted by Gasteiger charge is 2.15. The second-order valence-corrected chi connectivity index (χ2v) is 5.07. The first-order chi connectivity index (χ1) is 8.74. The van der Waals surface area contributed by atoms with Crippen molar-refractivity contribution in [3.8, 4) is 0 Å². The Balaban J connectivity index is 1.92. The van der Waals surface area contributed by atoms with Crippen LogP contribution in [0.3, 0.4) is 0 Å². The maximum atomic E-state index is 13.8. The Bertz CT molecular complexity index is 572. The smallest absolute Gasteiger partial charge is 0.128 e. The van der Waals surface area contributed by atoms with Gasteiger partial charge in [0.2, 0.25) is 0 Å². The van der Waals surface area contributed by atoms with Crippen molar-refractivity contribution in [3.05, 3.63) is 52.9 Å². The van der Waals surface area contributed by atoms with Crippen LogP contribution in [0.25, 0.3) is 0 Å². The number of halogens is 1. The quantitative estimate of drug-likeness (QED) is 0.793. The predicted molar refractivity (Wildman–Crippen MR) is 69.1 cm³/mol. The Morgan fingerprint density at radius 1 is 1.28 bits per heavy atom. The number of hydrogen-bond acceptors (Lipinski definition) is 1. The van der Waals surface area contributed by atoms with Crippen molar-refractivity contribution < 1.29 is 4.39 Å². The molecule has 0 fully saturated rings. The second-order valence-electron chi connectivity index (χ2n) is 5.07. The van der Waals surface area contributed by atoms with E-state index in [2.05, 4.69) is 9.55 Å². The fraction of sp³-hybridized carbons (Fsp3) is 0.400. The molecular weight excluding hydrogens is 227 g/mol. The summed E-state index contributed by atoms with van der Waals surface area (Å²) in [6, 6.07) is 5.28. The number of hydrogen-bond donors (Lipinski definition) is 0. The van der Waals surface area contributed by atoms with Gasteiger partial charge < -0.3 is 4.57 Å². The second kappa shape index (κ2) is 4.56. The Labute approximate surface area is 106 Å². The number of imidazole rings is 1. The van der Waals surface area contributed by atoms with E-state index < -0.39 is 0 Å². The predicted octanol–water partition coefficient (Wildman–Crippen LogP) is 3.26. The molecule has 2 aromatic rings. The first-order valence-corrected chi connectivity index (χ1v) is 6.52. The van der Waals surface area contributed by atoms with Crippen LogP contribution < -0.4 is 0 Å². The lowest BCUT2D eigenvalue weighted by atomic mass is 10.0. The third-order valence-corrected chi connectivity index (χ3v) is 3.65. The zero-order valence-electron chi connectivity index (χ0n) is 10.6. The van der Waals surface area contributed by atoms with Crippen LogP contribution >= 0.6 is 0 Å². The molecule has 2 nitrogen and oxygen atoms in total. The van der Waals surface area contributed by atoms with E-state index >= 15 is 0 Å². The maximum absolute atomic E-state index is 13.8. The number of rotatable bonds is 2. The molecule has 0 N–H and O–H groups in total. The topological polar surface area (TPSA) is 17.8 Å². The van der Waals surface area contributed by atoms with Crippen molar-refractivity contribution in [2.75, 3.05) is 0 Å². The van der Waals surface area contributed by atoms with Crippen LogP contribution in [-0.4, -0.2) is 9.55 Å². The summed E-state index contributed by atoms with van der Waals surface area (Å²) >= 11 is 0. The van der Waals surface area contributed by atoms with Crippen molar-refractivity contribution >= 4 is 0 Å². The highest BCUT2D eigenvalue weighted by atomic mass is 19.1. The monoisotopic (exact) mass is 244 g/mol.